The molecule has 232 valence electrons. The third kappa shape index (κ3) is 6.07. The average Bonchev–Trinajstić information content (AvgIpc) is 3.63. The first-order chi connectivity index (χ1) is 20.4. The molecule has 1 aliphatic heterocycles. The van der Waals surface area contributed by atoms with Crippen molar-refractivity contribution < 1.29 is 32.3 Å². The Morgan fingerprint density at radius 3 is 2.67 bits per heavy atom. The normalized spacial score (nSPS) is 25.3. The van der Waals surface area contributed by atoms with Gasteiger partial charge in [0.2, 0.25) is 5.91 Å². The zero-order valence-corrected chi connectivity index (χ0v) is 24.2. The van der Waals surface area contributed by atoms with Gasteiger partial charge in [-0.25, -0.2) is 14.5 Å². The second kappa shape index (κ2) is 11.9. The SMILES string of the molecule is CCn1nccc1C(=O)N[C@H](c1cn2nc(CC3(C(=O)OC)C[C@@H](C(F)(F)F)CNC3=O)cnc2n1)C1CCC(C)CC1. The molecule has 0 spiro atoms. The standard InChI is InChI=1S/C28H35F3N8O4/c1-4-38-21(9-10-34-38)23(40)36-22(17-7-5-16(2)6-8-17)20-15-39-26(35-20)33-14-19(37-39)12-27(25(42)43-3)11-18(28(29,30)31)13-32-24(27)41/h9-10,14-18,22H,4-8,11-13H2,1-3H3,(H,32,41)(H,36,40)/t16?,17?,18-,22+,27?/m1/s1. The number of imidazole rings is 1. The summed E-state index contributed by atoms with van der Waals surface area (Å²) in [6, 6.07) is 1.20. The van der Waals surface area contributed by atoms with Crippen LogP contribution in [-0.4, -0.2) is 67.0 Å². The van der Waals surface area contributed by atoms with E-state index in [1.165, 1.54) is 10.7 Å². The van der Waals surface area contributed by atoms with E-state index in [9.17, 15) is 27.6 Å². The Kier molecular flexibility index (Phi) is 8.43. The molecule has 43 heavy (non-hydrogen) atoms. The van der Waals surface area contributed by atoms with Gasteiger partial charge in [-0.3, -0.25) is 19.1 Å². The molecule has 1 saturated heterocycles. The Labute approximate surface area is 245 Å². The monoisotopic (exact) mass is 604 g/mol. The van der Waals surface area contributed by atoms with Crippen LogP contribution in [0.15, 0.2) is 24.7 Å². The zero-order chi connectivity index (χ0) is 30.9. The van der Waals surface area contributed by atoms with Gasteiger partial charge >= 0.3 is 12.1 Å². The first-order valence-electron chi connectivity index (χ1n) is 14.4. The molecule has 3 aromatic heterocycles. The van der Waals surface area contributed by atoms with E-state index in [0.29, 0.717) is 23.9 Å². The lowest BCUT2D eigenvalue weighted by atomic mass is 9.72. The van der Waals surface area contributed by atoms with Crippen LogP contribution < -0.4 is 10.6 Å². The van der Waals surface area contributed by atoms with Crippen molar-refractivity contribution >= 4 is 23.6 Å². The van der Waals surface area contributed by atoms with Gasteiger partial charge in [0.15, 0.2) is 5.41 Å². The van der Waals surface area contributed by atoms with Crippen molar-refractivity contribution in [3.8, 4) is 0 Å². The summed E-state index contributed by atoms with van der Waals surface area (Å²) in [5.41, 5.74) is -1.06. The van der Waals surface area contributed by atoms with Crippen molar-refractivity contribution in [2.24, 2.45) is 23.2 Å². The number of nitrogens with one attached hydrogen (secondary N) is 2. The van der Waals surface area contributed by atoms with Crippen LogP contribution in [0.5, 0.6) is 0 Å². The molecular weight excluding hydrogens is 569 g/mol. The van der Waals surface area contributed by atoms with Gasteiger partial charge in [-0.2, -0.15) is 23.4 Å². The van der Waals surface area contributed by atoms with Crippen LogP contribution in [0.3, 0.4) is 0 Å². The van der Waals surface area contributed by atoms with Crippen LogP contribution in [0, 0.1) is 23.2 Å². The fourth-order valence-corrected chi connectivity index (χ4v) is 6.22. The summed E-state index contributed by atoms with van der Waals surface area (Å²) in [7, 11) is 1.03. The first-order valence-corrected chi connectivity index (χ1v) is 14.4. The predicted molar refractivity (Wildman–Crippen MR) is 145 cm³/mol. The molecule has 3 aromatic rings. The van der Waals surface area contributed by atoms with Crippen molar-refractivity contribution in [1.82, 2.24) is 40.0 Å². The van der Waals surface area contributed by atoms with Gasteiger partial charge in [0.1, 0.15) is 5.69 Å². The van der Waals surface area contributed by atoms with Crippen molar-refractivity contribution in [3.63, 3.8) is 0 Å². The number of rotatable bonds is 8. The minimum Gasteiger partial charge on any atom is -0.468 e. The number of esters is 1. The molecular formula is C28H35F3N8O4. The number of amides is 2. The number of nitrogens with zero attached hydrogens (tertiary/aromatic N) is 6. The van der Waals surface area contributed by atoms with Crippen LogP contribution in [0.25, 0.3) is 5.78 Å². The summed E-state index contributed by atoms with van der Waals surface area (Å²) in [5.74, 6) is -3.25. The lowest BCUT2D eigenvalue weighted by molar-refractivity contribution is -0.195. The molecule has 1 unspecified atom stereocenters. The molecule has 0 radical (unpaired) electrons. The summed E-state index contributed by atoms with van der Waals surface area (Å²) in [6.45, 7) is 4.00. The highest BCUT2D eigenvalue weighted by atomic mass is 19.4. The quantitative estimate of drug-likeness (QED) is 0.295. The Bertz CT molecular complexity index is 1490. The molecule has 4 heterocycles. The van der Waals surface area contributed by atoms with Gasteiger partial charge in [-0.15, -0.1) is 0 Å². The highest BCUT2D eigenvalue weighted by molar-refractivity contribution is 6.03. The van der Waals surface area contributed by atoms with Gasteiger partial charge in [-0.05, 0) is 44.1 Å². The molecule has 2 aliphatic rings. The summed E-state index contributed by atoms with van der Waals surface area (Å²) in [4.78, 5) is 48.0. The number of methoxy groups -OCH3 is 1. The highest BCUT2D eigenvalue weighted by Gasteiger charge is 2.57. The number of alkyl halides is 3. The number of hydrogen-bond acceptors (Lipinski definition) is 8. The second-order valence-corrected chi connectivity index (χ2v) is 11.6. The predicted octanol–water partition coefficient (Wildman–Crippen LogP) is 3.04. The minimum absolute atomic E-state index is 0.107. The van der Waals surface area contributed by atoms with E-state index in [0.717, 1.165) is 32.8 Å². The summed E-state index contributed by atoms with van der Waals surface area (Å²) < 4.78 is 48.6. The maximum atomic E-state index is 13.6. The number of halogens is 3. The fourth-order valence-electron chi connectivity index (χ4n) is 6.22. The molecule has 2 N–H and O–H groups in total. The lowest BCUT2D eigenvalue weighted by Gasteiger charge is -2.38. The Hall–Kier alpha value is -4.04. The summed E-state index contributed by atoms with van der Waals surface area (Å²) in [6.07, 6.45) is 2.43. The molecule has 3 atom stereocenters. The molecule has 2 fully saturated rings. The number of ether oxygens (including phenoxy) is 1. The second-order valence-electron chi connectivity index (χ2n) is 11.6. The van der Waals surface area contributed by atoms with Gasteiger partial charge in [0, 0.05) is 25.7 Å². The number of hydrogen-bond donors (Lipinski definition) is 2. The van der Waals surface area contributed by atoms with E-state index in [-0.39, 0.29) is 23.3 Å². The minimum atomic E-state index is -4.62. The molecule has 1 saturated carbocycles. The van der Waals surface area contributed by atoms with Gasteiger partial charge < -0.3 is 15.4 Å². The Morgan fingerprint density at radius 1 is 1.26 bits per heavy atom. The summed E-state index contributed by atoms with van der Waals surface area (Å²) in [5, 5.41) is 14.0. The van der Waals surface area contributed by atoms with E-state index in [4.69, 9.17) is 4.74 Å². The number of fused-ring (bicyclic) bond motifs is 1. The Morgan fingerprint density at radius 2 is 2.00 bits per heavy atom. The van der Waals surface area contributed by atoms with Crippen molar-refractivity contribution in [3.05, 3.63) is 41.7 Å². The van der Waals surface area contributed by atoms with Crippen molar-refractivity contribution in [1.29, 1.82) is 0 Å². The Balaban J connectivity index is 1.46. The third-order valence-corrected chi connectivity index (χ3v) is 8.70. The van der Waals surface area contributed by atoms with Gasteiger partial charge in [-0.1, -0.05) is 19.8 Å². The zero-order valence-electron chi connectivity index (χ0n) is 24.2. The molecule has 0 bridgehead atoms. The number of aromatic nitrogens is 6. The largest absolute Gasteiger partial charge is 0.468 e. The smallest absolute Gasteiger partial charge is 0.393 e. The molecule has 1 aliphatic carbocycles. The molecule has 0 aromatic carbocycles. The van der Waals surface area contributed by atoms with Crippen LogP contribution >= 0.6 is 0 Å². The van der Waals surface area contributed by atoms with E-state index >= 15 is 0 Å². The average molecular weight is 605 g/mol. The maximum absolute atomic E-state index is 13.6. The topological polar surface area (TPSA) is 145 Å². The van der Waals surface area contributed by atoms with E-state index in [2.05, 4.69) is 37.7 Å². The summed E-state index contributed by atoms with van der Waals surface area (Å²) >= 11 is 0. The first kappa shape index (κ1) is 30.4. The fraction of sp³-hybridized carbons (Fsp3) is 0.607. The number of piperidine rings is 1. The van der Waals surface area contributed by atoms with Crippen LogP contribution in [-0.2, 0) is 27.3 Å². The lowest BCUT2D eigenvalue weighted by Crippen LogP contribution is -2.57. The third-order valence-electron chi connectivity index (χ3n) is 8.70. The molecule has 15 heteroatoms. The van der Waals surface area contributed by atoms with Crippen molar-refractivity contribution in [2.75, 3.05) is 13.7 Å². The van der Waals surface area contributed by atoms with Crippen LogP contribution in [0.2, 0.25) is 0 Å². The van der Waals surface area contributed by atoms with Gasteiger partial charge in [0.25, 0.3) is 11.7 Å². The maximum Gasteiger partial charge on any atom is 0.393 e. The van der Waals surface area contributed by atoms with E-state index in [1.807, 2.05) is 6.92 Å². The van der Waals surface area contributed by atoms with E-state index in [1.54, 1.807) is 23.1 Å². The number of carbonyl (C=O) groups excluding carboxylic acids is 3. The molecule has 5 rings (SSSR count). The number of carbonyl (C=O) groups is 3. The number of aryl methyl sites for hydroxylation is 1. The molecule has 2 amide bonds. The van der Waals surface area contributed by atoms with E-state index < -0.39 is 54.8 Å². The van der Waals surface area contributed by atoms with Crippen LogP contribution in [0.1, 0.15) is 73.9 Å². The van der Waals surface area contributed by atoms with Crippen molar-refractivity contribution in [2.45, 2.75) is 71.1 Å². The molecule has 12 nitrogen and oxygen atoms in total. The highest BCUT2D eigenvalue weighted by Crippen LogP contribution is 2.42. The van der Waals surface area contributed by atoms with Crippen LogP contribution in [0.4, 0.5) is 13.2 Å². The van der Waals surface area contributed by atoms with Gasteiger partial charge in [0.05, 0.1) is 42.9 Å².